The highest BCUT2D eigenvalue weighted by molar-refractivity contribution is 5.90. The van der Waals surface area contributed by atoms with Gasteiger partial charge in [0.15, 0.2) is 0 Å². The number of rotatable bonds is 2. The molecular formula is C11H8FN3O2. The molecule has 0 radical (unpaired) electrons. The zero-order valence-electron chi connectivity index (χ0n) is 8.63. The second kappa shape index (κ2) is 4.17. The smallest absolute Gasteiger partial charge is 0.271 e. The number of carbonyl (C=O) groups excluding carboxylic acids is 1. The Bertz CT molecular complexity index is 619. The zero-order chi connectivity index (χ0) is 12.4. The number of halogens is 1. The van der Waals surface area contributed by atoms with Crippen LogP contribution in [0.15, 0.2) is 41.2 Å². The molecule has 0 spiro atoms. The van der Waals surface area contributed by atoms with Crippen LogP contribution in [0.4, 0.5) is 4.39 Å². The maximum atomic E-state index is 12.7. The van der Waals surface area contributed by atoms with Crippen molar-refractivity contribution in [1.29, 1.82) is 0 Å². The van der Waals surface area contributed by atoms with Gasteiger partial charge in [0.25, 0.3) is 11.5 Å². The molecule has 0 aliphatic rings. The van der Waals surface area contributed by atoms with Crippen molar-refractivity contribution in [3.8, 4) is 5.69 Å². The first-order chi connectivity index (χ1) is 8.08. The zero-order valence-corrected chi connectivity index (χ0v) is 8.63. The molecule has 0 unspecified atom stereocenters. The minimum absolute atomic E-state index is 0.0334. The van der Waals surface area contributed by atoms with Crippen LogP contribution in [-0.2, 0) is 0 Å². The summed E-state index contributed by atoms with van der Waals surface area (Å²) in [5.74, 6) is -1.16. The molecule has 0 bridgehead atoms. The molecule has 6 heteroatoms. The molecule has 1 heterocycles. The van der Waals surface area contributed by atoms with Gasteiger partial charge in [-0.1, -0.05) is 0 Å². The van der Waals surface area contributed by atoms with Gasteiger partial charge in [-0.05, 0) is 30.3 Å². The average molecular weight is 233 g/mol. The molecule has 0 atom stereocenters. The first kappa shape index (κ1) is 11.0. The number of carbonyl (C=O) groups is 1. The van der Waals surface area contributed by atoms with Crippen molar-refractivity contribution in [3.05, 3.63) is 58.3 Å². The summed E-state index contributed by atoms with van der Waals surface area (Å²) < 4.78 is 13.7. The quantitative estimate of drug-likeness (QED) is 0.818. The Morgan fingerprint density at radius 1 is 1.18 bits per heavy atom. The minimum atomic E-state index is -0.735. The molecule has 0 aliphatic carbocycles. The average Bonchev–Trinajstić information content (AvgIpc) is 2.31. The number of hydrogen-bond acceptors (Lipinski definition) is 3. The maximum Gasteiger partial charge on any atom is 0.271 e. The van der Waals surface area contributed by atoms with E-state index in [1.165, 1.54) is 36.4 Å². The summed E-state index contributed by atoms with van der Waals surface area (Å²) >= 11 is 0. The molecule has 1 amide bonds. The summed E-state index contributed by atoms with van der Waals surface area (Å²) in [5, 5.41) is 3.78. The van der Waals surface area contributed by atoms with Crippen LogP contribution < -0.4 is 11.3 Å². The van der Waals surface area contributed by atoms with Gasteiger partial charge < -0.3 is 5.73 Å². The lowest BCUT2D eigenvalue weighted by atomic mass is 10.3. The molecule has 2 N–H and O–H groups in total. The van der Waals surface area contributed by atoms with Crippen LogP contribution in [0.25, 0.3) is 5.69 Å². The molecule has 0 fully saturated rings. The largest absolute Gasteiger partial charge is 0.364 e. The van der Waals surface area contributed by atoms with Crippen molar-refractivity contribution in [2.45, 2.75) is 0 Å². The molecule has 86 valence electrons. The Morgan fingerprint density at radius 2 is 1.82 bits per heavy atom. The van der Waals surface area contributed by atoms with Crippen molar-refractivity contribution in [2.24, 2.45) is 5.73 Å². The van der Waals surface area contributed by atoms with E-state index in [1.54, 1.807) is 0 Å². The molecule has 2 rings (SSSR count). The van der Waals surface area contributed by atoms with Crippen molar-refractivity contribution in [2.75, 3.05) is 0 Å². The number of amides is 1. The van der Waals surface area contributed by atoms with Crippen LogP contribution in [0.2, 0.25) is 0 Å². The third-order valence-electron chi connectivity index (χ3n) is 2.12. The predicted molar refractivity (Wildman–Crippen MR) is 58.3 cm³/mol. The van der Waals surface area contributed by atoms with Gasteiger partial charge in [-0.3, -0.25) is 9.59 Å². The fraction of sp³-hybridized carbons (Fsp3) is 0. The Morgan fingerprint density at radius 3 is 2.41 bits per heavy atom. The van der Waals surface area contributed by atoms with E-state index >= 15 is 0 Å². The molecule has 2 aromatic rings. The molecule has 1 aromatic heterocycles. The van der Waals surface area contributed by atoms with Crippen LogP contribution in [0.5, 0.6) is 0 Å². The monoisotopic (exact) mass is 233 g/mol. The Hall–Kier alpha value is -2.50. The highest BCUT2D eigenvalue weighted by Crippen LogP contribution is 2.05. The van der Waals surface area contributed by atoms with E-state index in [-0.39, 0.29) is 5.69 Å². The van der Waals surface area contributed by atoms with E-state index in [9.17, 15) is 14.0 Å². The lowest BCUT2D eigenvalue weighted by Crippen LogP contribution is -2.25. The first-order valence-electron chi connectivity index (χ1n) is 4.74. The molecule has 1 aromatic carbocycles. The van der Waals surface area contributed by atoms with Crippen molar-refractivity contribution < 1.29 is 9.18 Å². The summed E-state index contributed by atoms with van der Waals surface area (Å²) in [4.78, 5) is 22.5. The Kier molecular flexibility index (Phi) is 2.70. The molecule has 17 heavy (non-hydrogen) atoms. The number of primary amides is 1. The maximum absolute atomic E-state index is 12.7. The van der Waals surface area contributed by atoms with Gasteiger partial charge in [0.1, 0.15) is 11.5 Å². The number of aromatic nitrogens is 2. The summed E-state index contributed by atoms with van der Waals surface area (Å²) in [7, 11) is 0. The van der Waals surface area contributed by atoms with Gasteiger partial charge in [-0.25, -0.2) is 4.39 Å². The third kappa shape index (κ3) is 2.20. The van der Waals surface area contributed by atoms with Crippen LogP contribution in [-0.4, -0.2) is 15.7 Å². The number of nitrogens with two attached hydrogens (primary N) is 1. The lowest BCUT2D eigenvalue weighted by molar-refractivity contribution is 0.0994. The Balaban J connectivity index is 2.58. The van der Waals surface area contributed by atoms with Crippen LogP contribution in [0.3, 0.4) is 0 Å². The summed E-state index contributed by atoms with van der Waals surface area (Å²) in [6, 6.07) is 7.57. The van der Waals surface area contributed by atoms with E-state index in [4.69, 9.17) is 5.73 Å². The summed E-state index contributed by atoms with van der Waals surface area (Å²) in [5.41, 5.74) is 4.96. The molecule has 0 saturated heterocycles. The lowest BCUT2D eigenvalue weighted by Gasteiger charge is -2.04. The highest BCUT2D eigenvalue weighted by atomic mass is 19.1. The Labute approximate surface area is 95.3 Å². The van der Waals surface area contributed by atoms with E-state index in [0.717, 1.165) is 4.68 Å². The second-order valence-corrected chi connectivity index (χ2v) is 3.31. The fourth-order valence-corrected chi connectivity index (χ4v) is 1.31. The van der Waals surface area contributed by atoms with Gasteiger partial charge in [0.2, 0.25) is 0 Å². The van der Waals surface area contributed by atoms with Crippen LogP contribution >= 0.6 is 0 Å². The summed E-state index contributed by atoms with van der Waals surface area (Å²) in [6.45, 7) is 0. The SMILES string of the molecule is NC(=O)c1ccc(=O)n(-c2ccc(F)cc2)n1. The van der Waals surface area contributed by atoms with Crippen molar-refractivity contribution >= 4 is 5.91 Å². The first-order valence-corrected chi connectivity index (χ1v) is 4.74. The summed E-state index contributed by atoms with van der Waals surface area (Å²) in [6.07, 6.45) is 0. The van der Waals surface area contributed by atoms with E-state index < -0.39 is 17.3 Å². The molecule has 0 saturated carbocycles. The second-order valence-electron chi connectivity index (χ2n) is 3.31. The van der Waals surface area contributed by atoms with Gasteiger partial charge in [0.05, 0.1) is 5.69 Å². The van der Waals surface area contributed by atoms with E-state index in [0.29, 0.717) is 5.69 Å². The number of hydrogen-bond donors (Lipinski definition) is 1. The highest BCUT2D eigenvalue weighted by Gasteiger charge is 2.06. The van der Waals surface area contributed by atoms with Crippen molar-refractivity contribution in [3.63, 3.8) is 0 Å². The normalized spacial score (nSPS) is 10.2. The predicted octanol–water partition coefficient (Wildman–Crippen LogP) is 0.471. The van der Waals surface area contributed by atoms with E-state index in [1.807, 2.05) is 0 Å². The van der Waals surface area contributed by atoms with Gasteiger partial charge in [-0.2, -0.15) is 9.78 Å². The van der Waals surface area contributed by atoms with Gasteiger partial charge in [-0.15, -0.1) is 0 Å². The molecular weight excluding hydrogens is 225 g/mol. The molecule has 0 aliphatic heterocycles. The third-order valence-corrected chi connectivity index (χ3v) is 2.12. The fourth-order valence-electron chi connectivity index (χ4n) is 1.31. The van der Waals surface area contributed by atoms with Crippen LogP contribution in [0.1, 0.15) is 10.5 Å². The minimum Gasteiger partial charge on any atom is -0.364 e. The molecule has 5 nitrogen and oxygen atoms in total. The standard InChI is InChI=1S/C11H8FN3O2/c12-7-1-3-8(4-2-7)15-10(16)6-5-9(14-15)11(13)17/h1-6H,(H2,13,17). The van der Waals surface area contributed by atoms with Gasteiger partial charge >= 0.3 is 0 Å². The van der Waals surface area contributed by atoms with Crippen LogP contribution in [0, 0.1) is 5.82 Å². The van der Waals surface area contributed by atoms with Gasteiger partial charge in [0, 0.05) is 6.07 Å². The van der Waals surface area contributed by atoms with Crippen molar-refractivity contribution in [1.82, 2.24) is 9.78 Å². The number of nitrogens with zero attached hydrogens (tertiary/aromatic N) is 2. The van der Waals surface area contributed by atoms with E-state index in [2.05, 4.69) is 5.10 Å². The number of benzene rings is 1. The topological polar surface area (TPSA) is 78.0 Å².